The van der Waals surface area contributed by atoms with Gasteiger partial charge in [-0.2, -0.15) is 0 Å². The smallest absolute Gasteiger partial charge is 0.0593 e. The molecule has 15 heavy (non-hydrogen) atoms. The Bertz CT molecular complexity index is 150. The fourth-order valence-electron chi connectivity index (χ4n) is 0.976. The summed E-state index contributed by atoms with van der Waals surface area (Å²) in [4.78, 5) is 2.10. The van der Waals surface area contributed by atoms with E-state index in [1.54, 1.807) is 0 Å². The van der Waals surface area contributed by atoms with Gasteiger partial charge in [0.2, 0.25) is 0 Å². The van der Waals surface area contributed by atoms with Crippen LogP contribution >= 0.6 is 0 Å². The van der Waals surface area contributed by atoms with E-state index >= 15 is 0 Å². The minimum absolute atomic E-state index is 0.0381. The Morgan fingerprint density at radius 1 is 1.27 bits per heavy atom. The summed E-state index contributed by atoms with van der Waals surface area (Å²) in [6.07, 6.45) is 0. The monoisotopic (exact) mass is 218 g/mol. The van der Waals surface area contributed by atoms with Crippen LogP contribution < -0.4 is 5.32 Å². The van der Waals surface area contributed by atoms with Crippen molar-refractivity contribution in [2.24, 2.45) is 5.41 Å². The van der Waals surface area contributed by atoms with Crippen LogP contribution in [0.15, 0.2) is 0 Å². The summed E-state index contributed by atoms with van der Waals surface area (Å²) < 4.78 is 5.43. The van der Waals surface area contributed by atoms with Gasteiger partial charge in [0.05, 0.1) is 13.2 Å². The van der Waals surface area contributed by atoms with E-state index in [2.05, 4.69) is 10.2 Å². The summed E-state index contributed by atoms with van der Waals surface area (Å²) in [7, 11) is 4.07. The molecule has 0 aliphatic heterocycles. The van der Waals surface area contributed by atoms with Crippen molar-refractivity contribution in [1.82, 2.24) is 10.2 Å². The summed E-state index contributed by atoms with van der Waals surface area (Å²) in [5, 5.41) is 12.3. The van der Waals surface area contributed by atoms with E-state index in [-0.39, 0.29) is 12.0 Å². The van der Waals surface area contributed by atoms with Crippen LogP contribution in [0.1, 0.15) is 13.8 Å². The van der Waals surface area contributed by atoms with Crippen LogP contribution in [0, 0.1) is 5.41 Å². The Hall–Kier alpha value is -0.160. The number of rotatable bonds is 9. The molecule has 0 aromatic rings. The Morgan fingerprint density at radius 3 is 2.47 bits per heavy atom. The SMILES string of the molecule is CN(C)CCOCCNCC(C)(C)CO. The first-order valence-electron chi connectivity index (χ1n) is 5.52. The maximum Gasteiger partial charge on any atom is 0.0593 e. The van der Waals surface area contributed by atoms with Crippen molar-refractivity contribution in [3.8, 4) is 0 Å². The van der Waals surface area contributed by atoms with Gasteiger partial charge in [-0.25, -0.2) is 0 Å². The second-order valence-corrected chi connectivity index (χ2v) is 4.91. The van der Waals surface area contributed by atoms with Crippen LogP contribution in [0.2, 0.25) is 0 Å². The molecule has 2 N–H and O–H groups in total. The van der Waals surface area contributed by atoms with E-state index in [0.717, 1.165) is 32.8 Å². The number of aliphatic hydroxyl groups is 1. The lowest BCUT2D eigenvalue weighted by atomic mass is 9.95. The normalized spacial score (nSPS) is 12.4. The van der Waals surface area contributed by atoms with E-state index < -0.39 is 0 Å². The number of nitrogens with zero attached hydrogens (tertiary/aromatic N) is 1. The van der Waals surface area contributed by atoms with Crippen molar-refractivity contribution in [2.75, 3.05) is 53.6 Å². The molecular weight excluding hydrogens is 192 g/mol. The highest BCUT2D eigenvalue weighted by Crippen LogP contribution is 2.10. The molecule has 0 aliphatic rings. The second-order valence-electron chi connectivity index (χ2n) is 4.91. The van der Waals surface area contributed by atoms with Gasteiger partial charge in [-0.1, -0.05) is 13.8 Å². The molecule has 0 aromatic carbocycles. The molecule has 4 nitrogen and oxygen atoms in total. The topological polar surface area (TPSA) is 44.7 Å². The number of aliphatic hydroxyl groups excluding tert-OH is 1. The van der Waals surface area contributed by atoms with Gasteiger partial charge in [0.1, 0.15) is 0 Å². The first-order chi connectivity index (χ1) is 6.98. The van der Waals surface area contributed by atoms with E-state index in [9.17, 15) is 0 Å². The minimum atomic E-state index is -0.0381. The molecule has 0 fully saturated rings. The molecule has 0 spiro atoms. The van der Waals surface area contributed by atoms with Crippen LogP contribution in [0.3, 0.4) is 0 Å². The lowest BCUT2D eigenvalue weighted by Gasteiger charge is -2.21. The van der Waals surface area contributed by atoms with Crippen LogP contribution in [-0.2, 0) is 4.74 Å². The molecule has 0 saturated carbocycles. The van der Waals surface area contributed by atoms with Crippen molar-refractivity contribution in [2.45, 2.75) is 13.8 Å². The third-order valence-corrected chi connectivity index (χ3v) is 2.14. The predicted molar refractivity (Wildman–Crippen MR) is 63.1 cm³/mol. The Balaban J connectivity index is 3.18. The quantitative estimate of drug-likeness (QED) is 0.542. The highest BCUT2D eigenvalue weighted by molar-refractivity contribution is 4.69. The maximum atomic E-state index is 9.02. The average Bonchev–Trinajstić information content (AvgIpc) is 2.16. The minimum Gasteiger partial charge on any atom is -0.396 e. The molecule has 0 bridgehead atoms. The molecule has 0 atom stereocenters. The second kappa shape index (κ2) is 8.05. The summed E-state index contributed by atoms with van der Waals surface area (Å²) in [5.74, 6) is 0. The average molecular weight is 218 g/mol. The first kappa shape index (κ1) is 14.8. The molecule has 4 heteroatoms. The summed E-state index contributed by atoms with van der Waals surface area (Å²) >= 11 is 0. The van der Waals surface area contributed by atoms with Crippen molar-refractivity contribution >= 4 is 0 Å². The van der Waals surface area contributed by atoms with E-state index in [1.807, 2.05) is 27.9 Å². The lowest BCUT2D eigenvalue weighted by Crippen LogP contribution is -2.34. The molecule has 0 aliphatic carbocycles. The number of ether oxygens (including phenoxy) is 1. The molecule has 0 radical (unpaired) electrons. The lowest BCUT2D eigenvalue weighted by molar-refractivity contribution is 0.112. The third-order valence-electron chi connectivity index (χ3n) is 2.14. The van der Waals surface area contributed by atoms with Gasteiger partial charge in [-0.3, -0.25) is 0 Å². The number of hydrogen-bond donors (Lipinski definition) is 2. The zero-order valence-electron chi connectivity index (χ0n) is 10.5. The van der Waals surface area contributed by atoms with Crippen molar-refractivity contribution in [1.29, 1.82) is 0 Å². The van der Waals surface area contributed by atoms with Gasteiger partial charge < -0.3 is 20.1 Å². The molecule has 0 amide bonds. The number of nitrogens with one attached hydrogen (secondary N) is 1. The van der Waals surface area contributed by atoms with E-state index in [4.69, 9.17) is 9.84 Å². The molecule has 0 heterocycles. The Labute approximate surface area is 93.6 Å². The number of hydrogen-bond acceptors (Lipinski definition) is 4. The Kier molecular flexibility index (Phi) is 7.96. The first-order valence-corrected chi connectivity index (χ1v) is 5.52. The van der Waals surface area contributed by atoms with Crippen LogP contribution in [0.25, 0.3) is 0 Å². The van der Waals surface area contributed by atoms with Crippen molar-refractivity contribution < 1.29 is 9.84 Å². The molecular formula is C11H26N2O2. The van der Waals surface area contributed by atoms with Crippen molar-refractivity contribution in [3.63, 3.8) is 0 Å². The van der Waals surface area contributed by atoms with Crippen molar-refractivity contribution in [3.05, 3.63) is 0 Å². The van der Waals surface area contributed by atoms with E-state index in [1.165, 1.54) is 0 Å². The maximum absolute atomic E-state index is 9.02. The highest BCUT2D eigenvalue weighted by atomic mass is 16.5. The predicted octanol–water partition coefficient (Wildman–Crippen LogP) is 0.173. The largest absolute Gasteiger partial charge is 0.396 e. The fraction of sp³-hybridized carbons (Fsp3) is 1.00. The highest BCUT2D eigenvalue weighted by Gasteiger charge is 2.14. The van der Waals surface area contributed by atoms with Gasteiger partial charge in [-0.05, 0) is 14.1 Å². The molecule has 0 rings (SSSR count). The van der Waals surface area contributed by atoms with Crippen LogP contribution in [0.5, 0.6) is 0 Å². The summed E-state index contributed by atoms with van der Waals surface area (Å²) in [5.41, 5.74) is -0.0381. The molecule has 0 aromatic heterocycles. The third kappa shape index (κ3) is 10.1. The van der Waals surface area contributed by atoms with Gasteiger partial charge in [0, 0.05) is 31.7 Å². The standard InChI is InChI=1S/C11H26N2O2/c1-11(2,10-14)9-12-5-7-15-8-6-13(3)4/h12,14H,5-10H2,1-4H3. The van der Waals surface area contributed by atoms with Crippen LogP contribution in [-0.4, -0.2) is 63.6 Å². The summed E-state index contributed by atoms with van der Waals surface area (Å²) in [6.45, 7) is 8.41. The van der Waals surface area contributed by atoms with E-state index in [0.29, 0.717) is 0 Å². The molecule has 92 valence electrons. The fourth-order valence-corrected chi connectivity index (χ4v) is 0.976. The zero-order valence-corrected chi connectivity index (χ0v) is 10.5. The number of likely N-dealkylation sites (N-methyl/N-ethyl adjacent to an activating group) is 1. The zero-order chi connectivity index (χ0) is 11.7. The van der Waals surface area contributed by atoms with Crippen LogP contribution in [0.4, 0.5) is 0 Å². The molecule has 0 unspecified atom stereocenters. The Morgan fingerprint density at radius 2 is 1.93 bits per heavy atom. The van der Waals surface area contributed by atoms with Gasteiger partial charge >= 0.3 is 0 Å². The van der Waals surface area contributed by atoms with Gasteiger partial charge in [-0.15, -0.1) is 0 Å². The van der Waals surface area contributed by atoms with Gasteiger partial charge in [0.15, 0.2) is 0 Å². The van der Waals surface area contributed by atoms with Gasteiger partial charge in [0.25, 0.3) is 0 Å². The summed E-state index contributed by atoms with van der Waals surface area (Å²) in [6, 6.07) is 0. The molecule has 0 saturated heterocycles.